The predicted molar refractivity (Wildman–Crippen MR) is 133 cm³/mol. The van der Waals surface area contributed by atoms with Crippen molar-refractivity contribution < 1.29 is 23.4 Å². The van der Waals surface area contributed by atoms with Gasteiger partial charge in [-0.05, 0) is 48.2 Å². The van der Waals surface area contributed by atoms with E-state index in [-0.39, 0.29) is 11.7 Å². The smallest absolute Gasteiger partial charge is 0.253 e. The first-order valence-electron chi connectivity index (χ1n) is 12.4. The molecule has 2 aromatic carbocycles. The zero-order valence-electron chi connectivity index (χ0n) is 20.9. The number of amides is 1. The van der Waals surface area contributed by atoms with E-state index in [2.05, 4.69) is 24.1 Å². The zero-order chi connectivity index (χ0) is 24.8. The summed E-state index contributed by atoms with van der Waals surface area (Å²) in [6, 6.07) is 10.8. The minimum Gasteiger partial charge on any atom is -0.497 e. The Kier molecular flexibility index (Phi) is 8.46. The molecule has 1 unspecified atom stereocenters. The molecule has 2 aromatic rings. The number of benzene rings is 2. The summed E-state index contributed by atoms with van der Waals surface area (Å²) in [6.07, 6.45) is 0.367. The van der Waals surface area contributed by atoms with E-state index in [1.807, 2.05) is 23.1 Å². The van der Waals surface area contributed by atoms with Gasteiger partial charge in [-0.15, -0.1) is 0 Å². The lowest BCUT2D eigenvalue weighted by atomic mass is 10.1. The highest BCUT2D eigenvalue weighted by molar-refractivity contribution is 5.81. The number of anilines is 1. The van der Waals surface area contributed by atoms with Gasteiger partial charge in [0.25, 0.3) is 5.91 Å². The number of nitrogens with one attached hydrogen (secondary N) is 1. The normalized spacial score (nSPS) is 18.3. The van der Waals surface area contributed by atoms with E-state index < -0.39 is 6.10 Å². The first kappa shape index (κ1) is 25.3. The van der Waals surface area contributed by atoms with Gasteiger partial charge in [0.15, 0.2) is 0 Å². The second-order valence-electron chi connectivity index (χ2n) is 9.62. The van der Waals surface area contributed by atoms with Gasteiger partial charge in [0.1, 0.15) is 23.4 Å². The molecule has 1 N–H and O–H groups in total. The summed E-state index contributed by atoms with van der Waals surface area (Å²) in [5.74, 6) is 1.44. The van der Waals surface area contributed by atoms with Crippen LogP contribution in [0.25, 0.3) is 0 Å². The molecule has 0 spiro atoms. The number of nitrogens with zero attached hydrogens (tertiary/aromatic N) is 2. The molecule has 35 heavy (non-hydrogen) atoms. The number of carbonyl (C=O) groups excluding carboxylic acids is 1. The maximum atomic E-state index is 14.4. The second-order valence-corrected chi connectivity index (χ2v) is 9.62. The maximum absolute atomic E-state index is 14.4. The Labute approximate surface area is 207 Å². The zero-order valence-corrected chi connectivity index (χ0v) is 20.9. The third kappa shape index (κ3) is 6.64. The predicted octanol–water partition coefficient (Wildman–Crippen LogP) is 3.91. The average molecular weight is 486 g/mol. The Balaban J connectivity index is 1.45. The summed E-state index contributed by atoms with van der Waals surface area (Å²) in [6.45, 7) is 8.76. The molecule has 7 nitrogen and oxygen atoms in total. The first-order valence-corrected chi connectivity index (χ1v) is 12.4. The average Bonchev–Trinajstić information content (AvgIpc) is 3.09. The number of hydrogen-bond donors (Lipinski definition) is 1. The number of halogens is 1. The summed E-state index contributed by atoms with van der Waals surface area (Å²) >= 11 is 0. The highest BCUT2D eigenvalue weighted by Crippen LogP contribution is 2.29. The number of methoxy groups -OCH3 is 1. The van der Waals surface area contributed by atoms with Crippen molar-refractivity contribution in [1.82, 2.24) is 9.80 Å². The molecular formula is C27H36FN3O4. The van der Waals surface area contributed by atoms with Crippen LogP contribution in [0, 0.1) is 11.7 Å². The number of carbonyl (C=O) groups is 1. The van der Waals surface area contributed by atoms with Gasteiger partial charge >= 0.3 is 0 Å². The van der Waals surface area contributed by atoms with E-state index in [0.717, 1.165) is 30.0 Å². The summed E-state index contributed by atoms with van der Waals surface area (Å²) < 4.78 is 31.4. The summed E-state index contributed by atoms with van der Waals surface area (Å²) in [4.78, 5) is 17.5. The number of morpholine rings is 1. The minimum atomic E-state index is -0.588. The fourth-order valence-corrected chi connectivity index (χ4v) is 4.54. The lowest BCUT2D eigenvalue weighted by Gasteiger charge is -2.35. The third-order valence-electron chi connectivity index (χ3n) is 6.28. The molecule has 0 aromatic heterocycles. The van der Waals surface area contributed by atoms with Gasteiger partial charge in [-0.25, -0.2) is 4.39 Å². The molecule has 1 amide bonds. The van der Waals surface area contributed by atoms with E-state index in [4.69, 9.17) is 14.2 Å². The summed E-state index contributed by atoms with van der Waals surface area (Å²) in [5, 5.41) is 3.38. The van der Waals surface area contributed by atoms with E-state index in [9.17, 15) is 9.18 Å². The molecule has 0 aliphatic carbocycles. The van der Waals surface area contributed by atoms with Crippen LogP contribution in [0.2, 0.25) is 0 Å². The van der Waals surface area contributed by atoms with Crippen molar-refractivity contribution in [2.45, 2.75) is 39.5 Å². The first-order chi connectivity index (χ1) is 16.9. The monoisotopic (exact) mass is 485 g/mol. The van der Waals surface area contributed by atoms with Crippen LogP contribution < -0.4 is 14.8 Å². The van der Waals surface area contributed by atoms with Crippen molar-refractivity contribution in [1.29, 1.82) is 0 Å². The van der Waals surface area contributed by atoms with Gasteiger partial charge in [-0.2, -0.15) is 0 Å². The van der Waals surface area contributed by atoms with E-state index in [1.165, 1.54) is 6.07 Å². The van der Waals surface area contributed by atoms with Gasteiger partial charge in [-0.3, -0.25) is 9.69 Å². The van der Waals surface area contributed by atoms with Gasteiger partial charge in [0, 0.05) is 44.8 Å². The van der Waals surface area contributed by atoms with E-state index in [1.54, 1.807) is 19.2 Å². The standard InChI is InChI=1S/C27H36FN3O4/c1-19(2)15-31(16-20-5-8-24-25(13-20)34-11-4-9-29-24)27(32)26-18-30(10-12-35-26)17-21-14-22(33-3)6-7-23(21)28/h5-8,13-14,19,26,29H,4,9-12,15-18H2,1-3H3. The highest BCUT2D eigenvalue weighted by atomic mass is 19.1. The van der Waals surface area contributed by atoms with Crippen LogP contribution in [-0.4, -0.2) is 68.3 Å². The molecule has 190 valence electrons. The molecule has 8 heteroatoms. The van der Waals surface area contributed by atoms with Gasteiger partial charge in [0.2, 0.25) is 0 Å². The molecule has 0 bridgehead atoms. The van der Waals surface area contributed by atoms with Crippen molar-refractivity contribution in [3.8, 4) is 11.5 Å². The lowest BCUT2D eigenvalue weighted by Crippen LogP contribution is -2.51. The largest absolute Gasteiger partial charge is 0.497 e. The van der Waals surface area contributed by atoms with Crippen molar-refractivity contribution in [2.75, 3.05) is 51.8 Å². The van der Waals surface area contributed by atoms with E-state index in [0.29, 0.717) is 63.2 Å². The molecular weight excluding hydrogens is 449 g/mol. The van der Waals surface area contributed by atoms with Crippen LogP contribution in [0.5, 0.6) is 11.5 Å². The lowest BCUT2D eigenvalue weighted by molar-refractivity contribution is -0.151. The molecule has 0 saturated carbocycles. The Morgan fingerprint density at radius 3 is 2.91 bits per heavy atom. The summed E-state index contributed by atoms with van der Waals surface area (Å²) in [5.41, 5.74) is 2.56. The van der Waals surface area contributed by atoms with Crippen molar-refractivity contribution >= 4 is 11.6 Å². The molecule has 2 aliphatic rings. The third-order valence-corrected chi connectivity index (χ3v) is 6.28. The minimum absolute atomic E-state index is 0.0384. The van der Waals surface area contributed by atoms with Crippen LogP contribution >= 0.6 is 0 Å². The number of hydrogen-bond acceptors (Lipinski definition) is 6. The second kappa shape index (κ2) is 11.7. The molecule has 4 rings (SSSR count). The molecule has 1 fully saturated rings. The molecule has 1 saturated heterocycles. The number of fused-ring (bicyclic) bond motifs is 1. The van der Waals surface area contributed by atoms with Gasteiger partial charge < -0.3 is 24.4 Å². The Morgan fingerprint density at radius 1 is 1.26 bits per heavy atom. The molecule has 1 atom stereocenters. The van der Waals surface area contributed by atoms with Gasteiger partial charge in [0.05, 0.1) is 26.0 Å². The maximum Gasteiger partial charge on any atom is 0.253 e. The molecule has 2 heterocycles. The number of ether oxygens (including phenoxy) is 3. The Bertz CT molecular complexity index is 1020. The van der Waals surface area contributed by atoms with Crippen molar-refractivity contribution in [3.05, 3.63) is 53.3 Å². The van der Waals surface area contributed by atoms with Crippen LogP contribution in [0.4, 0.5) is 10.1 Å². The summed E-state index contributed by atoms with van der Waals surface area (Å²) in [7, 11) is 1.57. The fraction of sp³-hybridized carbons (Fsp3) is 0.519. The number of rotatable bonds is 8. The SMILES string of the molecule is COc1ccc(F)c(CN2CCOC(C(=O)N(Cc3ccc4c(c3)OCCCN4)CC(C)C)C2)c1. The highest BCUT2D eigenvalue weighted by Gasteiger charge is 2.31. The van der Waals surface area contributed by atoms with Crippen LogP contribution in [-0.2, 0) is 22.6 Å². The molecule has 0 radical (unpaired) electrons. The Morgan fingerprint density at radius 2 is 2.11 bits per heavy atom. The van der Waals surface area contributed by atoms with Crippen molar-refractivity contribution in [3.63, 3.8) is 0 Å². The van der Waals surface area contributed by atoms with E-state index >= 15 is 0 Å². The fourth-order valence-electron chi connectivity index (χ4n) is 4.54. The van der Waals surface area contributed by atoms with Crippen LogP contribution in [0.15, 0.2) is 36.4 Å². The van der Waals surface area contributed by atoms with Crippen LogP contribution in [0.1, 0.15) is 31.4 Å². The van der Waals surface area contributed by atoms with Gasteiger partial charge in [-0.1, -0.05) is 19.9 Å². The van der Waals surface area contributed by atoms with Crippen LogP contribution in [0.3, 0.4) is 0 Å². The Hall–Kier alpha value is -2.84. The molecule has 2 aliphatic heterocycles. The quantitative estimate of drug-likeness (QED) is 0.612. The topological polar surface area (TPSA) is 63.3 Å². The van der Waals surface area contributed by atoms with Crippen molar-refractivity contribution in [2.24, 2.45) is 5.92 Å².